The molecule has 0 aliphatic heterocycles. The average molecular weight is 254 g/mol. The third-order valence-electron chi connectivity index (χ3n) is 2.62. The number of nitrogens with zero attached hydrogens (tertiary/aromatic N) is 2. The summed E-state index contributed by atoms with van der Waals surface area (Å²) in [5, 5.41) is 13.3. The van der Waals surface area contributed by atoms with Crippen LogP contribution in [0.2, 0.25) is 5.02 Å². The van der Waals surface area contributed by atoms with Gasteiger partial charge in [-0.05, 0) is 18.6 Å². The quantitative estimate of drug-likeness (QED) is 0.855. The van der Waals surface area contributed by atoms with E-state index in [0.717, 1.165) is 17.8 Å². The molecule has 0 fully saturated rings. The van der Waals surface area contributed by atoms with E-state index in [1.54, 1.807) is 0 Å². The summed E-state index contributed by atoms with van der Waals surface area (Å²) in [7, 11) is 0. The van der Waals surface area contributed by atoms with E-state index in [1.165, 1.54) is 0 Å². The molecule has 0 spiro atoms. The lowest BCUT2D eigenvalue weighted by Crippen LogP contribution is -2.25. The monoisotopic (exact) mass is 253 g/mol. The number of hydrogen-bond acceptors (Lipinski definition) is 3. The summed E-state index contributed by atoms with van der Waals surface area (Å²) in [6.45, 7) is 3.20. The highest BCUT2D eigenvalue weighted by atomic mass is 35.5. The second-order valence-corrected chi connectivity index (χ2v) is 4.47. The first-order valence-corrected chi connectivity index (χ1v) is 6.08. The number of fused-ring (bicyclic) bond motifs is 1. The van der Waals surface area contributed by atoms with Crippen molar-refractivity contribution >= 4 is 17.2 Å². The Balaban J connectivity index is 1.99. The molecule has 5 heteroatoms. The van der Waals surface area contributed by atoms with Crippen LogP contribution in [0.25, 0.3) is 5.65 Å². The zero-order chi connectivity index (χ0) is 12.3. The second-order valence-electron chi connectivity index (χ2n) is 4.04. The molecule has 1 unspecified atom stereocenters. The van der Waals surface area contributed by atoms with Gasteiger partial charge in [-0.2, -0.15) is 0 Å². The maximum atomic E-state index is 9.41. The highest BCUT2D eigenvalue weighted by molar-refractivity contribution is 6.30. The zero-order valence-electron chi connectivity index (χ0n) is 9.73. The molecule has 0 saturated heterocycles. The Labute approximate surface area is 105 Å². The third-order valence-corrected chi connectivity index (χ3v) is 2.85. The summed E-state index contributed by atoms with van der Waals surface area (Å²) in [5.41, 5.74) is 1.82. The van der Waals surface area contributed by atoms with Crippen LogP contribution < -0.4 is 5.32 Å². The van der Waals surface area contributed by atoms with Crippen LogP contribution in [0, 0.1) is 0 Å². The minimum Gasteiger partial charge on any atom is -0.392 e. The van der Waals surface area contributed by atoms with E-state index in [9.17, 15) is 5.11 Å². The number of hydrogen-bond donors (Lipinski definition) is 2. The fraction of sp³-hybridized carbons (Fsp3) is 0.417. The summed E-state index contributed by atoms with van der Waals surface area (Å²) < 4.78 is 1.90. The fourth-order valence-corrected chi connectivity index (χ4v) is 1.78. The van der Waals surface area contributed by atoms with E-state index < -0.39 is 0 Å². The van der Waals surface area contributed by atoms with Crippen molar-refractivity contribution in [1.82, 2.24) is 14.7 Å². The molecule has 0 radical (unpaired) electrons. The zero-order valence-corrected chi connectivity index (χ0v) is 10.5. The van der Waals surface area contributed by atoms with E-state index in [-0.39, 0.29) is 6.10 Å². The first-order chi connectivity index (χ1) is 8.19. The van der Waals surface area contributed by atoms with Crippen LogP contribution in [0.15, 0.2) is 24.5 Å². The largest absolute Gasteiger partial charge is 0.392 e. The molecular weight excluding hydrogens is 238 g/mol. The number of aliphatic hydroxyl groups excluding tert-OH is 1. The van der Waals surface area contributed by atoms with Gasteiger partial charge in [0.2, 0.25) is 0 Å². The number of rotatable bonds is 5. The SMILES string of the molecule is CCC(O)CNCc1cn2cc(Cl)ccc2n1. The Morgan fingerprint density at radius 3 is 3.06 bits per heavy atom. The Morgan fingerprint density at radius 1 is 1.47 bits per heavy atom. The minimum atomic E-state index is -0.290. The molecule has 92 valence electrons. The normalized spacial score (nSPS) is 13.1. The van der Waals surface area contributed by atoms with Crippen LogP contribution in [-0.4, -0.2) is 27.1 Å². The molecule has 2 aromatic heterocycles. The van der Waals surface area contributed by atoms with Gasteiger partial charge in [-0.1, -0.05) is 18.5 Å². The highest BCUT2D eigenvalue weighted by Crippen LogP contribution is 2.11. The van der Waals surface area contributed by atoms with Crippen LogP contribution >= 0.6 is 11.6 Å². The molecule has 2 aromatic rings. The van der Waals surface area contributed by atoms with E-state index in [0.29, 0.717) is 18.1 Å². The average Bonchev–Trinajstić information content (AvgIpc) is 2.70. The standard InChI is InChI=1S/C12H16ClN3O/c1-2-11(17)6-14-5-10-8-16-7-9(13)3-4-12(16)15-10/h3-4,7-8,11,14,17H,2,5-6H2,1H3. The lowest BCUT2D eigenvalue weighted by atomic mass is 10.3. The maximum Gasteiger partial charge on any atom is 0.137 e. The second kappa shape index (κ2) is 5.49. The Morgan fingerprint density at radius 2 is 2.29 bits per heavy atom. The lowest BCUT2D eigenvalue weighted by Gasteiger charge is -2.07. The predicted octanol–water partition coefficient (Wildman–Crippen LogP) is 1.85. The first-order valence-electron chi connectivity index (χ1n) is 5.71. The van der Waals surface area contributed by atoms with Gasteiger partial charge in [0, 0.05) is 25.5 Å². The van der Waals surface area contributed by atoms with Crippen molar-refractivity contribution in [2.45, 2.75) is 26.0 Å². The molecule has 17 heavy (non-hydrogen) atoms. The van der Waals surface area contributed by atoms with Crippen LogP contribution in [0.1, 0.15) is 19.0 Å². The van der Waals surface area contributed by atoms with Crippen LogP contribution in [-0.2, 0) is 6.54 Å². The fourth-order valence-electron chi connectivity index (χ4n) is 1.61. The van der Waals surface area contributed by atoms with Gasteiger partial charge in [-0.15, -0.1) is 0 Å². The van der Waals surface area contributed by atoms with Crippen LogP contribution in [0.4, 0.5) is 0 Å². The topological polar surface area (TPSA) is 49.6 Å². The molecule has 0 aromatic carbocycles. The molecule has 0 saturated carbocycles. The van der Waals surface area contributed by atoms with E-state index in [4.69, 9.17) is 11.6 Å². The number of aliphatic hydroxyl groups is 1. The van der Waals surface area contributed by atoms with Crippen molar-refractivity contribution in [3.63, 3.8) is 0 Å². The third kappa shape index (κ3) is 3.19. The van der Waals surface area contributed by atoms with Crippen LogP contribution in [0.3, 0.4) is 0 Å². The number of pyridine rings is 1. The molecule has 0 amide bonds. The van der Waals surface area contributed by atoms with Crippen molar-refractivity contribution < 1.29 is 5.11 Å². The Bertz CT molecular complexity index is 497. The summed E-state index contributed by atoms with van der Waals surface area (Å²) in [4.78, 5) is 4.44. The van der Waals surface area contributed by atoms with Gasteiger partial charge in [-0.3, -0.25) is 0 Å². The summed E-state index contributed by atoms with van der Waals surface area (Å²) in [6.07, 6.45) is 4.23. The van der Waals surface area contributed by atoms with Crippen molar-refractivity contribution in [2.24, 2.45) is 0 Å². The molecule has 0 aliphatic rings. The molecule has 0 aliphatic carbocycles. The van der Waals surface area contributed by atoms with Gasteiger partial charge in [0.15, 0.2) is 0 Å². The van der Waals surface area contributed by atoms with Crippen molar-refractivity contribution in [1.29, 1.82) is 0 Å². The predicted molar refractivity (Wildman–Crippen MR) is 68.2 cm³/mol. The van der Waals surface area contributed by atoms with E-state index >= 15 is 0 Å². The van der Waals surface area contributed by atoms with Gasteiger partial charge < -0.3 is 14.8 Å². The van der Waals surface area contributed by atoms with Gasteiger partial charge in [0.25, 0.3) is 0 Å². The summed E-state index contributed by atoms with van der Waals surface area (Å²) in [5.74, 6) is 0. The van der Waals surface area contributed by atoms with Crippen molar-refractivity contribution in [3.05, 3.63) is 35.2 Å². The Kier molecular flexibility index (Phi) is 3.99. The molecule has 2 heterocycles. The number of aromatic nitrogens is 2. The Hall–Kier alpha value is -1.10. The van der Waals surface area contributed by atoms with Gasteiger partial charge in [0.1, 0.15) is 5.65 Å². The van der Waals surface area contributed by atoms with Crippen molar-refractivity contribution in [2.75, 3.05) is 6.54 Å². The van der Waals surface area contributed by atoms with E-state index in [2.05, 4.69) is 10.3 Å². The highest BCUT2D eigenvalue weighted by Gasteiger charge is 2.03. The lowest BCUT2D eigenvalue weighted by molar-refractivity contribution is 0.167. The maximum absolute atomic E-state index is 9.41. The number of halogens is 1. The summed E-state index contributed by atoms with van der Waals surface area (Å²) in [6, 6.07) is 3.70. The van der Waals surface area contributed by atoms with E-state index in [1.807, 2.05) is 35.9 Å². The van der Waals surface area contributed by atoms with Gasteiger partial charge >= 0.3 is 0 Å². The van der Waals surface area contributed by atoms with Crippen molar-refractivity contribution in [3.8, 4) is 0 Å². The number of nitrogens with one attached hydrogen (secondary N) is 1. The molecule has 1 atom stereocenters. The summed E-state index contributed by atoms with van der Waals surface area (Å²) >= 11 is 5.90. The molecular formula is C12H16ClN3O. The molecule has 0 bridgehead atoms. The smallest absolute Gasteiger partial charge is 0.137 e. The minimum absolute atomic E-state index is 0.290. The molecule has 2 rings (SSSR count). The molecule has 2 N–H and O–H groups in total. The van der Waals surface area contributed by atoms with Gasteiger partial charge in [0.05, 0.1) is 16.8 Å². The van der Waals surface area contributed by atoms with Gasteiger partial charge in [-0.25, -0.2) is 4.98 Å². The molecule has 4 nitrogen and oxygen atoms in total. The number of imidazole rings is 1. The van der Waals surface area contributed by atoms with Crippen LogP contribution in [0.5, 0.6) is 0 Å². The first kappa shape index (κ1) is 12.4.